The SMILES string of the molecule is Cn1ccnc1[C@@H](NC(=O)COc1ccc(Br)cc1Cl)c1cccc(F)c1. The van der Waals surface area contributed by atoms with E-state index in [1.54, 1.807) is 54.3 Å². The van der Waals surface area contributed by atoms with Gasteiger partial charge in [-0.15, -0.1) is 0 Å². The molecule has 0 spiro atoms. The first kappa shape index (κ1) is 19.4. The molecule has 0 radical (unpaired) electrons. The summed E-state index contributed by atoms with van der Waals surface area (Å²) in [4.78, 5) is 16.7. The number of aromatic nitrogens is 2. The van der Waals surface area contributed by atoms with Crippen LogP contribution in [0.3, 0.4) is 0 Å². The van der Waals surface area contributed by atoms with Crippen LogP contribution in [0.25, 0.3) is 0 Å². The number of nitrogens with zero attached hydrogens (tertiary/aromatic N) is 2. The highest BCUT2D eigenvalue weighted by atomic mass is 79.9. The fraction of sp³-hybridized carbons (Fsp3) is 0.158. The molecule has 1 amide bonds. The number of ether oxygens (including phenoxy) is 1. The molecule has 0 aliphatic rings. The van der Waals surface area contributed by atoms with Gasteiger partial charge in [-0.3, -0.25) is 4.79 Å². The lowest BCUT2D eigenvalue weighted by molar-refractivity contribution is -0.123. The van der Waals surface area contributed by atoms with Crippen LogP contribution in [0.5, 0.6) is 5.75 Å². The fourth-order valence-corrected chi connectivity index (χ4v) is 3.30. The molecule has 140 valence electrons. The minimum atomic E-state index is -0.614. The number of carbonyl (C=O) groups excluding carboxylic acids is 1. The van der Waals surface area contributed by atoms with Crippen molar-refractivity contribution in [3.8, 4) is 5.75 Å². The topological polar surface area (TPSA) is 56.2 Å². The number of imidazole rings is 1. The molecule has 8 heteroatoms. The number of benzene rings is 2. The van der Waals surface area contributed by atoms with Crippen LogP contribution in [0.1, 0.15) is 17.4 Å². The Morgan fingerprint density at radius 3 is 2.85 bits per heavy atom. The van der Waals surface area contributed by atoms with Gasteiger partial charge in [0.2, 0.25) is 0 Å². The van der Waals surface area contributed by atoms with Crippen LogP contribution in [0, 0.1) is 5.82 Å². The summed E-state index contributed by atoms with van der Waals surface area (Å²) in [5.41, 5.74) is 0.583. The first-order chi connectivity index (χ1) is 12.9. The maximum Gasteiger partial charge on any atom is 0.258 e. The van der Waals surface area contributed by atoms with E-state index < -0.39 is 6.04 Å². The van der Waals surface area contributed by atoms with E-state index in [4.69, 9.17) is 16.3 Å². The predicted octanol–water partition coefficient (Wildman–Crippen LogP) is 4.26. The molecule has 5 nitrogen and oxygen atoms in total. The molecule has 0 aliphatic carbocycles. The van der Waals surface area contributed by atoms with Crippen LogP contribution in [0.2, 0.25) is 5.02 Å². The van der Waals surface area contributed by atoms with Crippen molar-refractivity contribution < 1.29 is 13.9 Å². The van der Waals surface area contributed by atoms with Gasteiger partial charge in [-0.05, 0) is 35.9 Å². The van der Waals surface area contributed by atoms with Crippen LogP contribution in [-0.4, -0.2) is 22.1 Å². The molecule has 3 rings (SSSR count). The molecule has 1 heterocycles. The molecular weight excluding hydrogens is 437 g/mol. The van der Waals surface area contributed by atoms with Gasteiger partial charge in [-0.25, -0.2) is 9.37 Å². The number of aryl methyl sites for hydroxylation is 1. The standard InChI is InChI=1S/C19H16BrClFN3O2/c1-25-8-7-23-19(25)18(12-3-2-4-14(22)9-12)24-17(26)11-27-16-6-5-13(20)10-15(16)21/h2-10,18H,11H2,1H3,(H,24,26)/t18-/m0/s1. The molecule has 27 heavy (non-hydrogen) atoms. The Bertz CT molecular complexity index is 964. The van der Waals surface area contributed by atoms with Crippen molar-refractivity contribution in [1.82, 2.24) is 14.9 Å². The van der Waals surface area contributed by atoms with Gasteiger partial charge < -0.3 is 14.6 Å². The van der Waals surface area contributed by atoms with E-state index in [0.29, 0.717) is 22.2 Å². The van der Waals surface area contributed by atoms with Gasteiger partial charge in [0.1, 0.15) is 23.4 Å². The average Bonchev–Trinajstić information content (AvgIpc) is 3.04. The van der Waals surface area contributed by atoms with E-state index in [0.717, 1.165) is 4.47 Å². The lowest BCUT2D eigenvalue weighted by Crippen LogP contribution is -2.34. The van der Waals surface area contributed by atoms with Gasteiger partial charge >= 0.3 is 0 Å². The first-order valence-electron chi connectivity index (χ1n) is 8.04. The molecule has 1 aromatic heterocycles. The smallest absolute Gasteiger partial charge is 0.258 e. The minimum absolute atomic E-state index is 0.239. The Balaban J connectivity index is 1.76. The second-order valence-electron chi connectivity index (χ2n) is 5.82. The van der Waals surface area contributed by atoms with Crippen molar-refractivity contribution in [1.29, 1.82) is 0 Å². The van der Waals surface area contributed by atoms with Crippen LogP contribution in [0.15, 0.2) is 59.3 Å². The molecule has 3 aromatic rings. The second-order valence-corrected chi connectivity index (χ2v) is 7.14. The van der Waals surface area contributed by atoms with Gasteiger partial charge in [0.15, 0.2) is 6.61 Å². The summed E-state index contributed by atoms with van der Waals surface area (Å²) in [6, 6.07) is 10.5. The number of rotatable bonds is 6. The zero-order valence-corrected chi connectivity index (χ0v) is 16.7. The highest BCUT2D eigenvalue weighted by molar-refractivity contribution is 9.10. The van der Waals surface area contributed by atoms with E-state index in [1.165, 1.54) is 12.1 Å². The number of halogens is 3. The summed E-state index contributed by atoms with van der Waals surface area (Å²) in [7, 11) is 1.80. The average molecular weight is 453 g/mol. The Morgan fingerprint density at radius 2 is 2.19 bits per heavy atom. The van der Waals surface area contributed by atoms with Crippen molar-refractivity contribution in [2.75, 3.05) is 6.61 Å². The lowest BCUT2D eigenvalue weighted by Gasteiger charge is -2.19. The molecular formula is C19H16BrClFN3O2. The molecule has 0 saturated carbocycles. The van der Waals surface area contributed by atoms with E-state index in [1.807, 2.05) is 0 Å². The zero-order chi connectivity index (χ0) is 19.4. The number of hydrogen-bond donors (Lipinski definition) is 1. The Kier molecular flexibility index (Phi) is 6.13. The summed E-state index contributed by atoms with van der Waals surface area (Å²) in [6.07, 6.45) is 3.37. The maximum atomic E-state index is 13.7. The lowest BCUT2D eigenvalue weighted by atomic mass is 10.1. The normalized spacial score (nSPS) is 11.9. The molecule has 0 unspecified atom stereocenters. The van der Waals surface area contributed by atoms with Crippen molar-refractivity contribution in [2.45, 2.75) is 6.04 Å². The quantitative estimate of drug-likeness (QED) is 0.608. The van der Waals surface area contributed by atoms with E-state index in [-0.39, 0.29) is 18.3 Å². The van der Waals surface area contributed by atoms with Crippen molar-refractivity contribution >= 4 is 33.4 Å². The summed E-state index contributed by atoms with van der Waals surface area (Å²) in [5.74, 6) is 0.204. The maximum absolute atomic E-state index is 13.7. The zero-order valence-electron chi connectivity index (χ0n) is 14.3. The van der Waals surface area contributed by atoms with E-state index >= 15 is 0 Å². The van der Waals surface area contributed by atoms with Gasteiger partial charge in [0.25, 0.3) is 5.91 Å². The molecule has 1 N–H and O–H groups in total. The third kappa shape index (κ3) is 4.87. The van der Waals surface area contributed by atoms with Crippen LogP contribution in [-0.2, 0) is 11.8 Å². The summed E-state index contributed by atoms with van der Waals surface area (Å²) < 4.78 is 21.7. The highest BCUT2D eigenvalue weighted by Gasteiger charge is 2.21. The van der Waals surface area contributed by atoms with Crippen LogP contribution >= 0.6 is 27.5 Å². The molecule has 2 aromatic carbocycles. The molecule has 1 atom stereocenters. The Hall–Kier alpha value is -2.38. The van der Waals surface area contributed by atoms with E-state index in [9.17, 15) is 9.18 Å². The second kappa shape index (κ2) is 8.54. The summed E-state index contributed by atoms with van der Waals surface area (Å²) >= 11 is 9.40. The molecule has 0 fully saturated rings. The number of hydrogen-bond acceptors (Lipinski definition) is 3. The number of amides is 1. The molecule has 0 bridgehead atoms. The van der Waals surface area contributed by atoms with Crippen molar-refractivity contribution in [3.63, 3.8) is 0 Å². The number of nitrogens with one attached hydrogen (secondary N) is 1. The van der Waals surface area contributed by atoms with Crippen molar-refractivity contribution in [2.24, 2.45) is 7.05 Å². The number of carbonyl (C=O) groups is 1. The monoisotopic (exact) mass is 451 g/mol. The predicted molar refractivity (Wildman–Crippen MR) is 104 cm³/mol. The van der Waals surface area contributed by atoms with Crippen molar-refractivity contribution in [3.05, 3.63) is 81.6 Å². The van der Waals surface area contributed by atoms with Gasteiger partial charge in [0.05, 0.1) is 5.02 Å². The fourth-order valence-electron chi connectivity index (χ4n) is 2.58. The first-order valence-corrected chi connectivity index (χ1v) is 9.21. The Labute approximate surface area is 169 Å². The minimum Gasteiger partial charge on any atom is -0.482 e. The highest BCUT2D eigenvalue weighted by Crippen LogP contribution is 2.28. The van der Waals surface area contributed by atoms with Crippen LogP contribution in [0.4, 0.5) is 4.39 Å². The summed E-state index contributed by atoms with van der Waals surface area (Å²) in [6.45, 7) is -0.239. The largest absolute Gasteiger partial charge is 0.482 e. The molecule has 0 saturated heterocycles. The van der Waals surface area contributed by atoms with Gasteiger partial charge in [-0.2, -0.15) is 0 Å². The molecule has 0 aliphatic heterocycles. The summed E-state index contributed by atoms with van der Waals surface area (Å²) in [5, 5.41) is 3.23. The Morgan fingerprint density at radius 1 is 1.37 bits per heavy atom. The van der Waals surface area contributed by atoms with Gasteiger partial charge in [0, 0.05) is 23.9 Å². The van der Waals surface area contributed by atoms with Gasteiger partial charge in [-0.1, -0.05) is 39.7 Å². The van der Waals surface area contributed by atoms with Crippen LogP contribution < -0.4 is 10.1 Å². The third-order valence-electron chi connectivity index (χ3n) is 3.86. The van der Waals surface area contributed by atoms with E-state index in [2.05, 4.69) is 26.2 Å². The third-order valence-corrected chi connectivity index (χ3v) is 4.65.